The van der Waals surface area contributed by atoms with Gasteiger partial charge >= 0.3 is 0 Å². The SMILES string of the molecule is [2H]c1c([2H])c([2H])c2c(-c3cccc(-c4ccc5c6ccccc6c6ccccc6c5c4)c3)c3c([2H])c([2H])c([2H])c([2H])c3c(-c3ccccc3)c2c1[2H]. The first-order valence-electron chi connectivity index (χ1n) is 18.6. The van der Waals surface area contributed by atoms with E-state index in [-0.39, 0.29) is 45.7 Å². The van der Waals surface area contributed by atoms with E-state index in [2.05, 4.69) is 60.7 Å². The maximum Gasteiger partial charge on any atom is 0.0629 e. The minimum absolute atomic E-state index is 0.204. The third-order valence-electron chi connectivity index (χ3n) is 8.67. The van der Waals surface area contributed by atoms with Gasteiger partial charge in [0.1, 0.15) is 0 Å². The van der Waals surface area contributed by atoms with Crippen molar-refractivity contribution in [3.05, 3.63) is 170 Å². The van der Waals surface area contributed by atoms with Crippen LogP contribution in [0.4, 0.5) is 0 Å². The largest absolute Gasteiger partial charge is 0.0629 e. The first kappa shape index (κ1) is 18.1. The van der Waals surface area contributed by atoms with Gasteiger partial charge in [0.25, 0.3) is 0 Å². The highest BCUT2D eigenvalue weighted by Crippen LogP contribution is 2.44. The number of hydrogen-bond donors (Lipinski definition) is 0. The minimum atomic E-state index is -0.414. The quantitative estimate of drug-likeness (QED) is 0.148. The van der Waals surface area contributed by atoms with Gasteiger partial charge in [-0.25, -0.2) is 0 Å². The summed E-state index contributed by atoms with van der Waals surface area (Å²) in [4.78, 5) is 0. The highest BCUT2D eigenvalue weighted by Gasteiger charge is 2.17. The van der Waals surface area contributed by atoms with Crippen molar-refractivity contribution in [2.45, 2.75) is 0 Å². The molecule has 44 heavy (non-hydrogen) atoms. The van der Waals surface area contributed by atoms with Gasteiger partial charge in [0.2, 0.25) is 0 Å². The normalized spacial score (nSPS) is 14.2. The average Bonchev–Trinajstić information content (AvgIpc) is 3.19. The smallest absolute Gasteiger partial charge is 0.0622 e. The molecule has 0 unspecified atom stereocenters. The lowest BCUT2D eigenvalue weighted by atomic mass is 9.85. The summed E-state index contributed by atoms with van der Waals surface area (Å²) in [5, 5.41) is 7.71. The van der Waals surface area contributed by atoms with E-state index in [1.165, 1.54) is 5.39 Å². The van der Waals surface area contributed by atoms with Crippen molar-refractivity contribution in [1.82, 2.24) is 0 Å². The van der Waals surface area contributed by atoms with Crippen molar-refractivity contribution in [3.8, 4) is 33.4 Å². The van der Waals surface area contributed by atoms with E-state index < -0.39 is 24.2 Å². The summed E-state index contributed by atoms with van der Waals surface area (Å²) < 4.78 is 71.5. The molecule has 0 aliphatic rings. The Hall–Kier alpha value is -5.72. The molecule has 0 aliphatic heterocycles. The van der Waals surface area contributed by atoms with Gasteiger partial charge in [0, 0.05) is 0 Å². The van der Waals surface area contributed by atoms with E-state index in [0.29, 0.717) is 22.3 Å². The molecule has 9 aromatic carbocycles. The average molecular weight is 565 g/mol. The lowest BCUT2D eigenvalue weighted by Gasteiger charge is -2.18. The van der Waals surface area contributed by atoms with Gasteiger partial charge in [-0.3, -0.25) is 0 Å². The second-order valence-electron chi connectivity index (χ2n) is 11.0. The zero-order chi connectivity index (χ0) is 36.0. The summed E-state index contributed by atoms with van der Waals surface area (Å²) in [5.74, 6) is 0. The Morgan fingerprint density at radius 2 is 0.682 bits per heavy atom. The Kier molecular flexibility index (Phi) is 4.08. The number of hydrogen-bond acceptors (Lipinski definition) is 0. The molecule has 0 heteroatoms. The lowest BCUT2D eigenvalue weighted by molar-refractivity contribution is 1.63. The van der Waals surface area contributed by atoms with Crippen LogP contribution in [0.5, 0.6) is 0 Å². The van der Waals surface area contributed by atoms with Crippen LogP contribution in [0, 0.1) is 0 Å². The van der Waals surface area contributed by atoms with Crippen molar-refractivity contribution in [1.29, 1.82) is 0 Å². The summed E-state index contributed by atoms with van der Waals surface area (Å²) in [7, 11) is 0. The first-order chi connectivity index (χ1) is 25.2. The maximum absolute atomic E-state index is 9.24. The van der Waals surface area contributed by atoms with Crippen molar-refractivity contribution in [3.63, 3.8) is 0 Å². The van der Waals surface area contributed by atoms with E-state index >= 15 is 0 Å². The van der Waals surface area contributed by atoms with Crippen LogP contribution in [0.25, 0.3) is 87.2 Å². The molecular formula is C44H28. The Morgan fingerprint density at radius 3 is 1.25 bits per heavy atom. The van der Waals surface area contributed by atoms with Gasteiger partial charge in [0.05, 0.1) is 11.0 Å². The predicted octanol–water partition coefficient (Wildman–Crippen LogP) is 12.5. The van der Waals surface area contributed by atoms with Crippen LogP contribution in [0.3, 0.4) is 0 Å². The summed E-state index contributed by atoms with van der Waals surface area (Å²) in [5.41, 5.74) is 3.63. The van der Waals surface area contributed by atoms with E-state index in [1.807, 2.05) is 36.4 Å². The first-order valence-corrected chi connectivity index (χ1v) is 14.6. The Balaban J connectivity index is 1.41. The second-order valence-corrected chi connectivity index (χ2v) is 11.0. The molecule has 0 heterocycles. The Bertz CT molecular complexity index is 2870. The molecule has 0 N–H and O–H groups in total. The third kappa shape index (κ3) is 3.78. The van der Waals surface area contributed by atoms with Crippen LogP contribution in [-0.2, 0) is 0 Å². The van der Waals surface area contributed by atoms with Gasteiger partial charge in [-0.2, -0.15) is 0 Å². The van der Waals surface area contributed by atoms with Crippen LogP contribution >= 0.6 is 0 Å². The van der Waals surface area contributed by atoms with Crippen LogP contribution in [-0.4, -0.2) is 0 Å². The number of benzene rings is 9. The fourth-order valence-corrected chi connectivity index (χ4v) is 6.75. The molecule has 0 saturated carbocycles. The topological polar surface area (TPSA) is 0 Å². The molecule has 0 nitrogen and oxygen atoms in total. The standard InChI is InChI=1S/C44H28/c1-2-13-29(14-3-1)43-38-21-8-10-23-40(38)44(41-24-11-9-22-39(41)43)32-16-12-15-30(27-32)31-25-26-37-35-19-5-4-17-33(35)34-18-6-7-20-36(34)42(37)28-31/h1-28H/i8D,9D,10D,11D,21D,22D,23D,24D. The molecule has 0 amide bonds. The van der Waals surface area contributed by atoms with Crippen LogP contribution in [0.2, 0.25) is 0 Å². The molecule has 204 valence electrons. The minimum Gasteiger partial charge on any atom is -0.0622 e. The molecule has 0 aliphatic carbocycles. The van der Waals surface area contributed by atoms with Crippen LogP contribution in [0.1, 0.15) is 11.0 Å². The van der Waals surface area contributed by atoms with Crippen LogP contribution in [0.15, 0.2) is 170 Å². The molecule has 0 saturated heterocycles. The van der Waals surface area contributed by atoms with E-state index in [9.17, 15) is 2.74 Å². The van der Waals surface area contributed by atoms with Gasteiger partial charge < -0.3 is 0 Å². The van der Waals surface area contributed by atoms with Gasteiger partial charge in [-0.15, -0.1) is 0 Å². The summed E-state index contributed by atoms with van der Waals surface area (Å²) in [6.45, 7) is 0. The van der Waals surface area contributed by atoms with Crippen molar-refractivity contribution in [2.24, 2.45) is 0 Å². The highest BCUT2D eigenvalue weighted by atomic mass is 14.2. The number of rotatable bonds is 3. The summed E-state index contributed by atoms with van der Waals surface area (Å²) in [6, 6.07) is 37.1. The van der Waals surface area contributed by atoms with Gasteiger partial charge in [-0.05, 0) is 99.4 Å². The summed E-state index contributed by atoms with van der Waals surface area (Å²) in [6.07, 6.45) is 0. The fourth-order valence-electron chi connectivity index (χ4n) is 6.75. The number of fused-ring (bicyclic) bond motifs is 8. The molecule has 0 radical (unpaired) electrons. The van der Waals surface area contributed by atoms with Gasteiger partial charge in [0.15, 0.2) is 0 Å². The highest BCUT2D eigenvalue weighted by molar-refractivity contribution is 6.26. The van der Waals surface area contributed by atoms with Crippen molar-refractivity contribution in [2.75, 3.05) is 0 Å². The zero-order valence-corrected chi connectivity index (χ0v) is 23.5. The fraction of sp³-hybridized carbons (Fsp3) is 0. The third-order valence-corrected chi connectivity index (χ3v) is 8.67. The Morgan fingerprint density at radius 1 is 0.273 bits per heavy atom. The second kappa shape index (κ2) is 9.93. The molecule has 0 bridgehead atoms. The van der Waals surface area contributed by atoms with E-state index in [1.54, 1.807) is 24.3 Å². The zero-order valence-electron chi connectivity index (χ0n) is 31.5. The molecule has 9 aromatic rings. The predicted molar refractivity (Wildman–Crippen MR) is 190 cm³/mol. The molecule has 0 atom stereocenters. The van der Waals surface area contributed by atoms with Crippen molar-refractivity contribution >= 4 is 53.9 Å². The summed E-state index contributed by atoms with van der Waals surface area (Å²) >= 11 is 0. The Labute approximate surface area is 267 Å². The van der Waals surface area contributed by atoms with E-state index in [4.69, 9.17) is 8.22 Å². The monoisotopic (exact) mass is 564 g/mol. The van der Waals surface area contributed by atoms with E-state index in [0.717, 1.165) is 38.1 Å². The molecule has 9 rings (SSSR count). The van der Waals surface area contributed by atoms with Crippen LogP contribution < -0.4 is 0 Å². The molecule has 0 spiro atoms. The van der Waals surface area contributed by atoms with Crippen molar-refractivity contribution < 1.29 is 11.0 Å². The lowest BCUT2D eigenvalue weighted by Crippen LogP contribution is -1.91. The molecule has 0 fully saturated rings. The maximum atomic E-state index is 9.24. The molecule has 0 aromatic heterocycles. The molecular weight excluding hydrogens is 528 g/mol. The van der Waals surface area contributed by atoms with Gasteiger partial charge in [-0.1, -0.05) is 158 Å².